The molecule has 0 radical (unpaired) electrons. The molecule has 2 aromatic carbocycles. The summed E-state index contributed by atoms with van der Waals surface area (Å²) >= 11 is 0. The zero-order chi connectivity index (χ0) is 20.3. The molecule has 1 fully saturated rings. The second kappa shape index (κ2) is 8.55. The van der Waals surface area contributed by atoms with Crippen molar-refractivity contribution < 1.29 is 19.0 Å². The molecule has 1 amide bonds. The Balaban J connectivity index is 1.75. The molecule has 1 aliphatic rings. The molecule has 2 aromatic rings. The Morgan fingerprint density at radius 1 is 1.07 bits per heavy atom. The molecule has 5 heteroatoms. The molecule has 5 nitrogen and oxygen atoms in total. The van der Waals surface area contributed by atoms with E-state index in [1.165, 1.54) is 5.56 Å². The number of nitrogens with zero attached hydrogens (tertiary/aromatic N) is 1. The molecule has 1 heterocycles. The van der Waals surface area contributed by atoms with Gasteiger partial charge in [-0.25, -0.2) is 0 Å². The smallest absolute Gasteiger partial charge is 0.261 e. The Hall–Kier alpha value is -2.69. The standard InChI is InChI=1S/C23H29NO4/c1-15-11-16(2)23(17(3)12-15)28-14-22(25)24-10-6-7-20(24)19-9-8-18(26-4)13-21(19)27-5/h8-9,11-13,20H,6-7,10,14H2,1-5H3. The summed E-state index contributed by atoms with van der Waals surface area (Å²) in [5.74, 6) is 2.29. The Kier molecular flexibility index (Phi) is 6.12. The van der Waals surface area contributed by atoms with Crippen LogP contribution in [0.15, 0.2) is 30.3 Å². The quantitative estimate of drug-likeness (QED) is 0.743. The minimum absolute atomic E-state index is 0.000235. The number of aryl methyl sites for hydroxylation is 3. The van der Waals surface area contributed by atoms with Gasteiger partial charge in [-0.3, -0.25) is 4.79 Å². The SMILES string of the molecule is COc1ccc(C2CCCN2C(=O)COc2c(C)cc(C)cc2C)c(OC)c1. The molecule has 0 spiro atoms. The molecule has 150 valence electrons. The lowest BCUT2D eigenvalue weighted by Crippen LogP contribution is -2.34. The molecule has 3 rings (SSSR count). The topological polar surface area (TPSA) is 48.0 Å². The average molecular weight is 383 g/mol. The Morgan fingerprint density at radius 3 is 2.43 bits per heavy atom. The first-order valence-corrected chi connectivity index (χ1v) is 9.66. The van der Waals surface area contributed by atoms with E-state index >= 15 is 0 Å². The van der Waals surface area contributed by atoms with E-state index in [1.54, 1.807) is 14.2 Å². The zero-order valence-corrected chi connectivity index (χ0v) is 17.4. The number of methoxy groups -OCH3 is 2. The molecule has 0 bridgehead atoms. The molecule has 0 aliphatic carbocycles. The molecule has 1 atom stereocenters. The summed E-state index contributed by atoms with van der Waals surface area (Å²) in [6.07, 6.45) is 1.88. The lowest BCUT2D eigenvalue weighted by molar-refractivity contribution is -0.134. The first-order chi connectivity index (χ1) is 13.4. The molecule has 0 N–H and O–H groups in total. The predicted molar refractivity (Wildman–Crippen MR) is 109 cm³/mol. The number of carbonyl (C=O) groups is 1. The monoisotopic (exact) mass is 383 g/mol. The maximum atomic E-state index is 13.0. The van der Waals surface area contributed by atoms with Gasteiger partial charge in [-0.2, -0.15) is 0 Å². The van der Waals surface area contributed by atoms with Gasteiger partial charge in [0.15, 0.2) is 6.61 Å². The van der Waals surface area contributed by atoms with Crippen LogP contribution >= 0.6 is 0 Å². The van der Waals surface area contributed by atoms with Crippen LogP contribution in [0.2, 0.25) is 0 Å². The van der Waals surface area contributed by atoms with Crippen molar-refractivity contribution in [2.24, 2.45) is 0 Å². The summed E-state index contributed by atoms with van der Waals surface area (Å²) in [5, 5.41) is 0. The fraction of sp³-hybridized carbons (Fsp3) is 0.435. The van der Waals surface area contributed by atoms with Crippen LogP contribution in [0.3, 0.4) is 0 Å². The maximum Gasteiger partial charge on any atom is 0.261 e. The minimum atomic E-state index is -0.00262. The molecule has 1 aliphatic heterocycles. The van der Waals surface area contributed by atoms with Gasteiger partial charge in [0.05, 0.1) is 20.3 Å². The Bertz CT molecular complexity index is 839. The van der Waals surface area contributed by atoms with Crippen LogP contribution in [0.25, 0.3) is 0 Å². The third kappa shape index (κ3) is 4.08. The molecule has 1 unspecified atom stereocenters. The summed E-state index contributed by atoms with van der Waals surface area (Å²) in [5.41, 5.74) is 4.32. The van der Waals surface area contributed by atoms with Gasteiger partial charge in [-0.1, -0.05) is 17.7 Å². The first-order valence-electron chi connectivity index (χ1n) is 9.66. The number of hydrogen-bond acceptors (Lipinski definition) is 4. The fourth-order valence-corrected chi connectivity index (χ4v) is 4.09. The second-order valence-corrected chi connectivity index (χ2v) is 7.37. The van der Waals surface area contributed by atoms with Crippen LogP contribution in [-0.2, 0) is 4.79 Å². The van der Waals surface area contributed by atoms with Gasteiger partial charge in [0.2, 0.25) is 0 Å². The number of benzene rings is 2. The van der Waals surface area contributed by atoms with Crippen LogP contribution in [0.4, 0.5) is 0 Å². The zero-order valence-electron chi connectivity index (χ0n) is 17.4. The molecular weight excluding hydrogens is 354 g/mol. The first kappa shape index (κ1) is 20.1. The predicted octanol–water partition coefficient (Wildman–Crippen LogP) is 4.37. The van der Waals surface area contributed by atoms with E-state index in [-0.39, 0.29) is 18.6 Å². The second-order valence-electron chi connectivity index (χ2n) is 7.37. The summed E-state index contributed by atoms with van der Waals surface area (Å²) in [7, 11) is 3.28. The van der Waals surface area contributed by atoms with Crippen molar-refractivity contribution in [3.05, 3.63) is 52.6 Å². The molecule has 0 saturated carbocycles. The van der Waals surface area contributed by atoms with Gasteiger partial charge in [0.1, 0.15) is 17.2 Å². The van der Waals surface area contributed by atoms with E-state index < -0.39 is 0 Å². The van der Waals surface area contributed by atoms with Gasteiger partial charge >= 0.3 is 0 Å². The molecule has 28 heavy (non-hydrogen) atoms. The van der Waals surface area contributed by atoms with Gasteiger partial charge in [-0.15, -0.1) is 0 Å². The van der Waals surface area contributed by atoms with Gasteiger partial charge in [0.25, 0.3) is 5.91 Å². The Morgan fingerprint density at radius 2 is 1.79 bits per heavy atom. The van der Waals surface area contributed by atoms with Crippen LogP contribution < -0.4 is 14.2 Å². The third-order valence-electron chi connectivity index (χ3n) is 5.32. The normalized spacial score (nSPS) is 16.2. The van der Waals surface area contributed by atoms with Crippen molar-refractivity contribution in [1.82, 2.24) is 4.90 Å². The van der Waals surface area contributed by atoms with Crippen molar-refractivity contribution in [1.29, 1.82) is 0 Å². The number of likely N-dealkylation sites (tertiary alicyclic amines) is 1. The largest absolute Gasteiger partial charge is 0.497 e. The Labute approximate surface area is 167 Å². The van der Waals surface area contributed by atoms with Crippen molar-refractivity contribution in [2.75, 3.05) is 27.4 Å². The highest BCUT2D eigenvalue weighted by Gasteiger charge is 2.32. The van der Waals surface area contributed by atoms with Crippen molar-refractivity contribution in [3.8, 4) is 17.2 Å². The van der Waals surface area contributed by atoms with Crippen molar-refractivity contribution >= 4 is 5.91 Å². The maximum absolute atomic E-state index is 13.0. The van der Waals surface area contributed by atoms with E-state index in [2.05, 4.69) is 19.1 Å². The summed E-state index contributed by atoms with van der Waals surface area (Å²) in [4.78, 5) is 14.9. The third-order valence-corrected chi connectivity index (χ3v) is 5.32. The van der Waals surface area contributed by atoms with Crippen LogP contribution in [-0.4, -0.2) is 38.2 Å². The summed E-state index contributed by atoms with van der Waals surface area (Å²) in [6.45, 7) is 6.86. The van der Waals surface area contributed by atoms with E-state index in [4.69, 9.17) is 14.2 Å². The van der Waals surface area contributed by atoms with E-state index in [0.717, 1.165) is 53.3 Å². The number of hydrogen-bond donors (Lipinski definition) is 0. The summed E-state index contributed by atoms with van der Waals surface area (Å²) in [6, 6.07) is 9.92. The number of carbonyl (C=O) groups excluding carboxylic acids is 1. The highest BCUT2D eigenvalue weighted by atomic mass is 16.5. The highest BCUT2D eigenvalue weighted by molar-refractivity contribution is 5.79. The van der Waals surface area contributed by atoms with Crippen LogP contribution in [0.5, 0.6) is 17.2 Å². The highest BCUT2D eigenvalue weighted by Crippen LogP contribution is 2.38. The van der Waals surface area contributed by atoms with Gasteiger partial charge in [-0.05, 0) is 56.9 Å². The van der Waals surface area contributed by atoms with Crippen molar-refractivity contribution in [3.63, 3.8) is 0 Å². The number of amides is 1. The van der Waals surface area contributed by atoms with Gasteiger partial charge < -0.3 is 19.1 Å². The average Bonchev–Trinajstić information content (AvgIpc) is 3.16. The fourth-order valence-electron chi connectivity index (χ4n) is 4.09. The van der Waals surface area contributed by atoms with Gasteiger partial charge in [0, 0.05) is 18.2 Å². The van der Waals surface area contributed by atoms with Crippen molar-refractivity contribution in [2.45, 2.75) is 39.7 Å². The lowest BCUT2D eigenvalue weighted by atomic mass is 10.0. The number of rotatable bonds is 6. The summed E-state index contributed by atoms with van der Waals surface area (Å²) < 4.78 is 16.8. The molecular formula is C23H29NO4. The minimum Gasteiger partial charge on any atom is -0.497 e. The van der Waals surface area contributed by atoms with E-state index in [1.807, 2.05) is 36.9 Å². The number of ether oxygens (including phenoxy) is 3. The van der Waals surface area contributed by atoms with Crippen LogP contribution in [0, 0.1) is 20.8 Å². The van der Waals surface area contributed by atoms with E-state index in [0.29, 0.717) is 0 Å². The lowest BCUT2D eigenvalue weighted by Gasteiger charge is -2.27. The van der Waals surface area contributed by atoms with E-state index in [9.17, 15) is 4.79 Å². The molecule has 1 saturated heterocycles. The van der Waals surface area contributed by atoms with Crippen LogP contribution in [0.1, 0.15) is 41.1 Å². The molecule has 0 aromatic heterocycles.